The van der Waals surface area contributed by atoms with E-state index in [1.165, 1.54) is 11.1 Å². The van der Waals surface area contributed by atoms with Crippen LogP contribution < -0.4 is 10.2 Å². The number of aliphatic hydroxyl groups excluding tert-OH is 1. The Bertz CT molecular complexity index is 795. The lowest BCUT2D eigenvalue weighted by Gasteiger charge is -2.40. The van der Waals surface area contributed by atoms with Crippen molar-refractivity contribution in [3.63, 3.8) is 0 Å². The topological polar surface area (TPSA) is 55.8 Å². The highest BCUT2D eigenvalue weighted by Crippen LogP contribution is 2.22. The van der Waals surface area contributed by atoms with Crippen LogP contribution in [0.15, 0.2) is 48.5 Å². The van der Waals surface area contributed by atoms with Crippen LogP contribution in [-0.4, -0.2) is 60.8 Å². The van der Waals surface area contributed by atoms with E-state index in [0.717, 1.165) is 43.9 Å². The van der Waals surface area contributed by atoms with E-state index in [1.807, 2.05) is 43.0 Å². The van der Waals surface area contributed by atoms with Crippen molar-refractivity contribution >= 4 is 36.4 Å². The zero-order valence-corrected chi connectivity index (χ0v) is 20.2. The fourth-order valence-electron chi connectivity index (χ4n) is 3.93. The second-order valence-electron chi connectivity index (χ2n) is 7.82. The quantitative estimate of drug-likeness (QED) is 0.650. The summed E-state index contributed by atoms with van der Waals surface area (Å²) in [5, 5.41) is 13.1. The highest BCUT2D eigenvalue weighted by Gasteiger charge is 2.25. The summed E-state index contributed by atoms with van der Waals surface area (Å²) in [5.41, 5.74) is 4.33. The van der Waals surface area contributed by atoms with Gasteiger partial charge in [-0.3, -0.25) is 4.79 Å². The average molecular weight is 468 g/mol. The van der Waals surface area contributed by atoms with Crippen LogP contribution in [0.4, 0.5) is 5.69 Å². The summed E-state index contributed by atoms with van der Waals surface area (Å²) >= 11 is 0. The SMILES string of the molecule is CCN(CC)C(=O)c1ccc(Cc2ccc(N3CC(C)NCC3CO)cc2)cc1.Cl.Cl. The van der Waals surface area contributed by atoms with Crippen molar-refractivity contribution < 1.29 is 9.90 Å². The number of anilines is 1. The molecule has 0 spiro atoms. The smallest absolute Gasteiger partial charge is 0.253 e. The summed E-state index contributed by atoms with van der Waals surface area (Å²) in [7, 11) is 0. The van der Waals surface area contributed by atoms with Gasteiger partial charge < -0.3 is 20.2 Å². The second kappa shape index (κ2) is 12.9. The number of aliphatic hydroxyl groups is 1. The van der Waals surface area contributed by atoms with Gasteiger partial charge in [0.2, 0.25) is 0 Å². The van der Waals surface area contributed by atoms with E-state index >= 15 is 0 Å². The molecule has 0 bridgehead atoms. The number of carbonyl (C=O) groups is 1. The van der Waals surface area contributed by atoms with Crippen LogP contribution >= 0.6 is 24.8 Å². The molecular formula is C24H35Cl2N3O2. The van der Waals surface area contributed by atoms with Gasteiger partial charge in [-0.1, -0.05) is 24.3 Å². The highest BCUT2D eigenvalue weighted by molar-refractivity contribution is 5.94. The zero-order valence-electron chi connectivity index (χ0n) is 18.6. The minimum atomic E-state index is 0. The monoisotopic (exact) mass is 467 g/mol. The van der Waals surface area contributed by atoms with E-state index in [0.29, 0.717) is 6.04 Å². The zero-order chi connectivity index (χ0) is 20.8. The Hall–Kier alpha value is -1.79. The largest absolute Gasteiger partial charge is 0.394 e. The Morgan fingerprint density at radius 3 is 2.10 bits per heavy atom. The number of piperazine rings is 1. The maximum absolute atomic E-state index is 12.4. The Labute approximate surface area is 198 Å². The van der Waals surface area contributed by atoms with Crippen LogP contribution in [0.25, 0.3) is 0 Å². The van der Waals surface area contributed by atoms with Crippen LogP contribution in [-0.2, 0) is 6.42 Å². The maximum Gasteiger partial charge on any atom is 0.253 e. The third-order valence-corrected chi connectivity index (χ3v) is 5.75. The Balaban J connectivity index is 0.00000240. The van der Waals surface area contributed by atoms with Crippen LogP contribution in [0.1, 0.15) is 42.3 Å². The third-order valence-electron chi connectivity index (χ3n) is 5.75. The molecule has 1 saturated heterocycles. The van der Waals surface area contributed by atoms with Gasteiger partial charge in [-0.15, -0.1) is 24.8 Å². The molecular weight excluding hydrogens is 433 g/mol. The number of halogens is 2. The Morgan fingerprint density at radius 1 is 1.03 bits per heavy atom. The number of hydrogen-bond donors (Lipinski definition) is 2. The third kappa shape index (κ3) is 6.84. The molecule has 31 heavy (non-hydrogen) atoms. The molecule has 2 aromatic rings. The second-order valence-corrected chi connectivity index (χ2v) is 7.82. The van der Waals surface area contributed by atoms with E-state index in [-0.39, 0.29) is 43.4 Å². The minimum absolute atomic E-state index is 0. The first-order chi connectivity index (χ1) is 14.0. The molecule has 1 aliphatic rings. The summed E-state index contributed by atoms with van der Waals surface area (Å²) < 4.78 is 0. The summed E-state index contributed by atoms with van der Waals surface area (Å²) in [4.78, 5) is 16.6. The fourth-order valence-corrected chi connectivity index (χ4v) is 3.93. The number of benzene rings is 2. The molecule has 1 fully saturated rings. The summed E-state index contributed by atoms with van der Waals surface area (Å²) in [6.45, 7) is 9.49. The number of rotatable bonds is 7. The molecule has 1 amide bonds. The first-order valence-corrected chi connectivity index (χ1v) is 10.6. The molecule has 5 nitrogen and oxygen atoms in total. The summed E-state index contributed by atoms with van der Waals surface area (Å²) in [6, 6.07) is 17.1. The van der Waals surface area contributed by atoms with E-state index in [2.05, 4.69) is 41.4 Å². The average Bonchev–Trinajstić information content (AvgIpc) is 2.75. The van der Waals surface area contributed by atoms with Gasteiger partial charge in [0.05, 0.1) is 12.6 Å². The lowest BCUT2D eigenvalue weighted by atomic mass is 10.0. The molecule has 2 unspecified atom stereocenters. The van der Waals surface area contributed by atoms with Crippen molar-refractivity contribution in [2.24, 2.45) is 0 Å². The molecule has 3 rings (SSSR count). The lowest BCUT2D eigenvalue weighted by Crippen LogP contribution is -2.57. The van der Waals surface area contributed by atoms with Gasteiger partial charge in [-0.05, 0) is 62.6 Å². The number of hydrogen-bond acceptors (Lipinski definition) is 4. The maximum atomic E-state index is 12.4. The molecule has 0 aliphatic carbocycles. The van der Waals surface area contributed by atoms with Crippen molar-refractivity contribution in [2.45, 2.75) is 39.3 Å². The van der Waals surface area contributed by atoms with Gasteiger partial charge in [-0.2, -0.15) is 0 Å². The lowest BCUT2D eigenvalue weighted by molar-refractivity contribution is 0.0773. The number of nitrogens with one attached hydrogen (secondary N) is 1. The van der Waals surface area contributed by atoms with E-state index in [1.54, 1.807) is 0 Å². The molecule has 2 N–H and O–H groups in total. The first kappa shape index (κ1) is 27.2. The summed E-state index contributed by atoms with van der Waals surface area (Å²) in [6.07, 6.45) is 0.835. The van der Waals surface area contributed by atoms with Crippen LogP contribution in [0.3, 0.4) is 0 Å². The van der Waals surface area contributed by atoms with E-state index in [9.17, 15) is 9.90 Å². The Kier molecular flexibility index (Phi) is 11.4. The molecule has 1 aliphatic heterocycles. The molecule has 0 radical (unpaired) electrons. The minimum Gasteiger partial charge on any atom is -0.394 e. The van der Waals surface area contributed by atoms with E-state index in [4.69, 9.17) is 0 Å². The van der Waals surface area contributed by atoms with Crippen LogP contribution in [0.2, 0.25) is 0 Å². The van der Waals surface area contributed by atoms with Gasteiger partial charge in [-0.25, -0.2) is 0 Å². The molecule has 7 heteroatoms. The fraction of sp³-hybridized carbons (Fsp3) is 0.458. The first-order valence-electron chi connectivity index (χ1n) is 10.6. The number of nitrogens with zero attached hydrogens (tertiary/aromatic N) is 2. The molecule has 172 valence electrons. The normalized spacial score (nSPS) is 18.0. The number of carbonyl (C=O) groups excluding carboxylic acids is 1. The predicted octanol–water partition coefficient (Wildman–Crippen LogP) is 3.76. The predicted molar refractivity (Wildman–Crippen MR) is 133 cm³/mol. The molecule has 2 atom stereocenters. The molecule has 0 saturated carbocycles. The van der Waals surface area contributed by atoms with Gasteiger partial charge in [0.25, 0.3) is 5.91 Å². The Morgan fingerprint density at radius 2 is 1.58 bits per heavy atom. The van der Waals surface area contributed by atoms with Gasteiger partial charge in [0.1, 0.15) is 0 Å². The van der Waals surface area contributed by atoms with E-state index < -0.39 is 0 Å². The van der Waals surface area contributed by atoms with Crippen molar-refractivity contribution in [3.8, 4) is 0 Å². The molecule has 1 heterocycles. The van der Waals surface area contributed by atoms with Gasteiger partial charge in [0.15, 0.2) is 0 Å². The van der Waals surface area contributed by atoms with Crippen molar-refractivity contribution in [3.05, 3.63) is 65.2 Å². The molecule has 0 aromatic heterocycles. The summed E-state index contributed by atoms with van der Waals surface area (Å²) in [5.74, 6) is 0.0922. The standard InChI is InChI=1S/C24H33N3O2.2ClH/c1-4-26(5-2)24(29)21-10-6-19(7-11-21)14-20-8-12-22(13-9-20)27-16-18(3)25-15-23(27)17-28;;/h6-13,18,23,25,28H,4-5,14-17H2,1-3H3;2*1H. The van der Waals surface area contributed by atoms with Crippen LogP contribution in [0, 0.1) is 0 Å². The number of amides is 1. The highest BCUT2D eigenvalue weighted by atomic mass is 35.5. The van der Waals surface area contributed by atoms with Crippen molar-refractivity contribution in [2.75, 3.05) is 37.7 Å². The van der Waals surface area contributed by atoms with Gasteiger partial charge in [0, 0.05) is 43.5 Å². The molecule has 2 aromatic carbocycles. The van der Waals surface area contributed by atoms with Crippen molar-refractivity contribution in [1.29, 1.82) is 0 Å². The van der Waals surface area contributed by atoms with Gasteiger partial charge >= 0.3 is 0 Å². The van der Waals surface area contributed by atoms with Crippen LogP contribution in [0.5, 0.6) is 0 Å². The van der Waals surface area contributed by atoms with Crippen molar-refractivity contribution in [1.82, 2.24) is 10.2 Å².